The molecule has 2 N–H and O–H groups in total. The minimum Gasteiger partial charge on any atom is -0.346 e. The van der Waals surface area contributed by atoms with Gasteiger partial charge in [-0.2, -0.15) is 0 Å². The Kier molecular flexibility index (Phi) is 6.30. The van der Waals surface area contributed by atoms with Gasteiger partial charge in [0.1, 0.15) is 5.82 Å². The molecule has 0 spiro atoms. The van der Waals surface area contributed by atoms with Crippen molar-refractivity contribution in [1.82, 2.24) is 10.2 Å². The molecule has 0 saturated heterocycles. The van der Waals surface area contributed by atoms with Crippen LogP contribution in [0.1, 0.15) is 18.4 Å². The molecule has 5 nitrogen and oxygen atoms in total. The van der Waals surface area contributed by atoms with Crippen LogP contribution in [-0.4, -0.2) is 35.8 Å². The normalized spacial score (nSPS) is 13.4. The SMILES string of the molecule is O=C(CN(Cc1ccccc1F)C1CC1)NCC(=O)Nc1ccc(F)c(F)c1. The number of anilines is 1. The summed E-state index contributed by atoms with van der Waals surface area (Å²) >= 11 is 0. The van der Waals surface area contributed by atoms with Gasteiger partial charge in [0.25, 0.3) is 0 Å². The fourth-order valence-electron chi connectivity index (χ4n) is 2.80. The van der Waals surface area contributed by atoms with E-state index in [4.69, 9.17) is 0 Å². The summed E-state index contributed by atoms with van der Waals surface area (Å²) in [6.45, 7) is 0.0410. The number of rotatable bonds is 8. The molecule has 2 aromatic rings. The molecule has 2 aromatic carbocycles. The number of nitrogens with zero attached hydrogens (tertiary/aromatic N) is 1. The second-order valence-electron chi connectivity index (χ2n) is 6.68. The largest absolute Gasteiger partial charge is 0.346 e. The van der Waals surface area contributed by atoms with Crippen molar-refractivity contribution in [1.29, 1.82) is 0 Å². The first-order valence-corrected chi connectivity index (χ1v) is 8.91. The summed E-state index contributed by atoms with van der Waals surface area (Å²) in [5.74, 6) is -3.34. The van der Waals surface area contributed by atoms with Gasteiger partial charge in [0.2, 0.25) is 11.8 Å². The van der Waals surface area contributed by atoms with Crippen LogP contribution in [0.2, 0.25) is 0 Å². The van der Waals surface area contributed by atoms with Crippen molar-refractivity contribution in [2.24, 2.45) is 0 Å². The van der Waals surface area contributed by atoms with Crippen LogP contribution < -0.4 is 10.6 Å². The number of hydrogen-bond acceptors (Lipinski definition) is 3. The molecule has 1 saturated carbocycles. The number of benzene rings is 2. The monoisotopic (exact) mass is 391 g/mol. The summed E-state index contributed by atoms with van der Waals surface area (Å²) in [7, 11) is 0. The Labute approximate surface area is 160 Å². The van der Waals surface area contributed by atoms with Crippen LogP contribution in [-0.2, 0) is 16.1 Å². The summed E-state index contributed by atoms with van der Waals surface area (Å²) in [4.78, 5) is 25.9. The van der Waals surface area contributed by atoms with Crippen LogP contribution in [0.5, 0.6) is 0 Å². The Bertz CT molecular complexity index is 872. The zero-order valence-electron chi connectivity index (χ0n) is 15.1. The van der Waals surface area contributed by atoms with Crippen LogP contribution in [0.25, 0.3) is 0 Å². The van der Waals surface area contributed by atoms with E-state index in [1.807, 2.05) is 4.90 Å². The van der Waals surface area contributed by atoms with E-state index in [1.54, 1.807) is 18.2 Å². The summed E-state index contributed by atoms with van der Waals surface area (Å²) in [5.41, 5.74) is 0.607. The standard InChI is InChI=1S/C20H20F3N3O2/c21-16-4-2-1-3-13(16)11-26(15-6-7-15)12-20(28)24-10-19(27)25-14-5-8-17(22)18(23)9-14/h1-5,8-9,15H,6-7,10-12H2,(H,24,28)(H,25,27). The molecule has 1 aliphatic rings. The first kappa shape index (κ1) is 19.9. The summed E-state index contributed by atoms with van der Waals surface area (Å²) in [6, 6.07) is 9.62. The number of halogens is 3. The van der Waals surface area contributed by atoms with Gasteiger partial charge < -0.3 is 10.6 Å². The molecule has 0 radical (unpaired) electrons. The lowest BCUT2D eigenvalue weighted by molar-refractivity contribution is -0.125. The van der Waals surface area contributed by atoms with E-state index < -0.39 is 17.5 Å². The van der Waals surface area contributed by atoms with Crippen molar-refractivity contribution in [2.75, 3.05) is 18.4 Å². The van der Waals surface area contributed by atoms with Crippen LogP contribution in [0.4, 0.5) is 18.9 Å². The highest BCUT2D eigenvalue weighted by Crippen LogP contribution is 2.28. The zero-order chi connectivity index (χ0) is 20.1. The molecule has 3 rings (SSSR count). The first-order chi connectivity index (χ1) is 13.4. The molecular formula is C20H20F3N3O2. The second-order valence-corrected chi connectivity index (χ2v) is 6.68. The molecule has 1 aliphatic carbocycles. The average Bonchev–Trinajstić information content (AvgIpc) is 3.49. The lowest BCUT2D eigenvalue weighted by Crippen LogP contribution is -2.41. The molecule has 0 heterocycles. The van der Waals surface area contributed by atoms with Crippen LogP contribution in [0, 0.1) is 17.5 Å². The van der Waals surface area contributed by atoms with Gasteiger partial charge in [0.05, 0.1) is 13.1 Å². The molecule has 8 heteroatoms. The van der Waals surface area contributed by atoms with Crippen molar-refractivity contribution < 1.29 is 22.8 Å². The fraction of sp³-hybridized carbons (Fsp3) is 0.300. The van der Waals surface area contributed by atoms with Crippen LogP contribution >= 0.6 is 0 Å². The predicted molar refractivity (Wildman–Crippen MR) is 97.8 cm³/mol. The quantitative estimate of drug-likeness (QED) is 0.728. The van der Waals surface area contributed by atoms with Gasteiger partial charge in [-0.25, -0.2) is 13.2 Å². The Morgan fingerprint density at radius 2 is 1.71 bits per heavy atom. The Morgan fingerprint density at radius 3 is 2.39 bits per heavy atom. The molecule has 0 aromatic heterocycles. The van der Waals surface area contributed by atoms with Gasteiger partial charge in [0, 0.05) is 29.9 Å². The van der Waals surface area contributed by atoms with Gasteiger partial charge >= 0.3 is 0 Å². The van der Waals surface area contributed by atoms with Crippen molar-refractivity contribution in [3.63, 3.8) is 0 Å². The van der Waals surface area contributed by atoms with E-state index in [0.29, 0.717) is 12.1 Å². The van der Waals surface area contributed by atoms with E-state index in [1.165, 1.54) is 12.1 Å². The van der Waals surface area contributed by atoms with Crippen LogP contribution in [0.15, 0.2) is 42.5 Å². The summed E-state index contributed by atoms with van der Waals surface area (Å²) < 4.78 is 39.9. The van der Waals surface area contributed by atoms with Crippen molar-refractivity contribution in [3.8, 4) is 0 Å². The highest BCUT2D eigenvalue weighted by Gasteiger charge is 2.30. The minimum atomic E-state index is -1.07. The molecule has 0 bridgehead atoms. The van der Waals surface area contributed by atoms with Crippen molar-refractivity contribution in [3.05, 3.63) is 65.5 Å². The van der Waals surface area contributed by atoms with Crippen molar-refractivity contribution >= 4 is 17.5 Å². The molecule has 2 amide bonds. The molecule has 0 unspecified atom stereocenters. The molecule has 148 valence electrons. The third-order valence-electron chi connectivity index (χ3n) is 4.39. The Morgan fingerprint density at radius 1 is 0.964 bits per heavy atom. The number of nitrogens with one attached hydrogen (secondary N) is 2. The smallest absolute Gasteiger partial charge is 0.243 e. The highest BCUT2D eigenvalue weighted by atomic mass is 19.2. The third kappa shape index (κ3) is 5.56. The summed E-state index contributed by atoms with van der Waals surface area (Å²) in [6.07, 6.45) is 1.89. The lowest BCUT2D eigenvalue weighted by Gasteiger charge is -2.21. The summed E-state index contributed by atoms with van der Waals surface area (Å²) in [5, 5.41) is 4.87. The number of hydrogen-bond donors (Lipinski definition) is 2. The topological polar surface area (TPSA) is 61.4 Å². The van der Waals surface area contributed by atoms with Crippen LogP contribution in [0.3, 0.4) is 0 Å². The third-order valence-corrected chi connectivity index (χ3v) is 4.39. The van der Waals surface area contributed by atoms with E-state index in [9.17, 15) is 22.8 Å². The number of amides is 2. The maximum atomic E-state index is 13.9. The van der Waals surface area contributed by atoms with Crippen molar-refractivity contribution in [2.45, 2.75) is 25.4 Å². The molecular weight excluding hydrogens is 371 g/mol. The maximum Gasteiger partial charge on any atom is 0.243 e. The first-order valence-electron chi connectivity index (χ1n) is 8.91. The van der Waals surface area contributed by atoms with Gasteiger partial charge in [-0.3, -0.25) is 14.5 Å². The molecule has 28 heavy (non-hydrogen) atoms. The van der Waals surface area contributed by atoms with Gasteiger partial charge in [0.15, 0.2) is 11.6 Å². The Balaban J connectivity index is 1.48. The molecule has 0 atom stereocenters. The highest BCUT2D eigenvalue weighted by molar-refractivity contribution is 5.94. The van der Waals surface area contributed by atoms with E-state index in [2.05, 4.69) is 10.6 Å². The average molecular weight is 391 g/mol. The maximum absolute atomic E-state index is 13.9. The lowest BCUT2D eigenvalue weighted by atomic mass is 10.2. The Hall–Kier alpha value is -2.87. The van der Waals surface area contributed by atoms with E-state index in [0.717, 1.165) is 25.0 Å². The molecule has 0 aliphatic heterocycles. The fourth-order valence-corrected chi connectivity index (χ4v) is 2.80. The predicted octanol–water partition coefficient (Wildman–Crippen LogP) is 2.82. The second kappa shape index (κ2) is 8.88. The molecule has 1 fully saturated rings. The van der Waals surface area contributed by atoms with E-state index in [-0.39, 0.29) is 36.5 Å². The number of carbonyl (C=O) groups excluding carboxylic acids is 2. The minimum absolute atomic E-state index is 0.0391. The zero-order valence-corrected chi connectivity index (χ0v) is 15.1. The van der Waals surface area contributed by atoms with Gasteiger partial charge in [-0.05, 0) is 31.0 Å². The van der Waals surface area contributed by atoms with Gasteiger partial charge in [-0.15, -0.1) is 0 Å². The van der Waals surface area contributed by atoms with E-state index >= 15 is 0 Å². The van der Waals surface area contributed by atoms with Gasteiger partial charge in [-0.1, -0.05) is 18.2 Å². The number of carbonyl (C=O) groups is 2.